The van der Waals surface area contributed by atoms with Gasteiger partial charge in [0.05, 0.1) is 0 Å². The first kappa shape index (κ1) is 17.5. The van der Waals surface area contributed by atoms with Crippen molar-refractivity contribution in [2.75, 3.05) is 18.1 Å². The molecule has 6 heteroatoms. The summed E-state index contributed by atoms with van der Waals surface area (Å²) >= 11 is 0. The topological polar surface area (TPSA) is 75.6 Å². The van der Waals surface area contributed by atoms with E-state index in [4.69, 9.17) is 9.84 Å². The van der Waals surface area contributed by atoms with Gasteiger partial charge in [-0.15, -0.1) is 6.58 Å². The molecular formula is C18H21N3O3. The molecule has 0 saturated heterocycles. The van der Waals surface area contributed by atoms with Gasteiger partial charge in [-0.25, -0.2) is 9.78 Å². The molecule has 24 heavy (non-hydrogen) atoms. The van der Waals surface area contributed by atoms with Gasteiger partial charge in [0.1, 0.15) is 0 Å². The molecule has 0 atom stereocenters. The van der Waals surface area contributed by atoms with E-state index >= 15 is 0 Å². The number of hydrogen-bond donors (Lipinski definition) is 1. The quantitative estimate of drug-likeness (QED) is 0.751. The predicted molar refractivity (Wildman–Crippen MR) is 92.9 cm³/mol. The first-order chi connectivity index (χ1) is 11.6. The van der Waals surface area contributed by atoms with E-state index in [-0.39, 0.29) is 0 Å². The Labute approximate surface area is 141 Å². The van der Waals surface area contributed by atoms with Crippen LogP contribution in [0.15, 0.2) is 43.0 Å². The number of carboxylic acid groups (broad SMARTS) is 1. The van der Waals surface area contributed by atoms with Gasteiger partial charge < -0.3 is 14.7 Å². The van der Waals surface area contributed by atoms with Crippen LogP contribution in [0.4, 0.5) is 11.6 Å². The molecule has 0 spiro atoms. The van der Waals surface area contributed by atoms with E-state index in [1.165, 1.54) is 0 Å². The highest BCUT2D eigenvalue weighted by Crippen LogP contribution is 2.27. The van der Waals surface area contributed by atoms with Crippen molar-refractivity contribution in [2.45, 2.75) is 20.3 Å². The van der Waals surface area contributed by atoms with E-state index in [1.807, 2.05) is 49.1 Å². The maximum absolute atomic E-state index is 10.8. The molecule has 0 bridgehead atoms. The number of carbonyl (C=O) groups is 1. The highest BCUT2D eigenvalue weighted by Gasteiger charge is 2.17. The molecule has 0 aliphatic heterocycles. The van der Waals surface area contributed by atoms with E-state index in [0.29, 0.717) is 24.8 Å². The summed E-state index contributed by atoms with van der Waals surface area (Å²) in [5.74, 6) is -0.274. The Morgan fingerprint density at radius 2 is 2.04 bits per heavy atom. The molecule has 1 aromatic heterocycles. The van der Waals surface area contributed by atoms with Crippen LogP contribution < -0.4 is 9.64 Å². The van der Waals surface area contributed by atoms with E-state index in [1.54, 1.807) is 6.08 Å². The fourth-order valence-electron chi connectivity index (χ4n) is 2.37. The molecule has 0 aliphatic rings. The minimum Gasteiger partial charge on any atom is -0.479 e. The second-order valence-corrected chi connectivity index (χ2v) is 5.16. The van der Waals surface area contributed by atoms with Gasteiger partial charge in [0.25, 0.3) is 0 Å². The zero-order valence-electron chi connectivity index (χ0n) is 13.9. The summed E-state index contributed by atoms with van der Waals surface area (Å²) in [5, 5.41) is 8.86. The Morgan fingerprint density at radius 3 is 2.62 bits per heavy atom. The van der Waals surface area contributed by atoms with E-state index in [0.717, 1.165) is 16.9 Å². The summed E-state index contributed by atoms with van der Waals surface area (Å²) in [6.07, 6.45) is 2.42. The van der Waals surface area contributed by atoms with Gasteiger partial charge in [-0.2, -0.15) is 4.98 Å². The Hall–Kier alpha value is -2.89. The van der Waals surface area contributed by atoms with Crippen LogP contribution in [0.25, 0.3) is 0 Å². The third kappa shape index (κ3) is 4.10. The number of nitrogens with zero attached hydrogens (tertiary/aromatic N) is 3. The van der Waals surface area contributed by atoms with Gasteiger partial charge >= 0.3 is 5.97 Å². The normalized spacial score (nSPS) is 10.2. The van der Waals surface area contributed by atoms with Crippen LogP contribution in [0.5, 0.6) is 5.88 Å². The average molecular weight is 327 g/mol. The number of carboxylic acids is 1. The molecule has 0 fully saturated rings. The van der Waals surface area contributed by atoms with Gasteiger partial charge in [0.2, 0.25) is 11.8 Å². The molecule has 1 aromatic carbocycles. The lowest BCUT2D eigenvalue weighted by molar-refractivity contribution is -0.139. The molecule has 0 unspecified atom stereocenters. The van der Waals surface area contributed by atoms with Crippen molar-refractivity contribution in [2.24, 2.45) is 0 Å². The lowest BCUT2D eigenvalue weighted by Crippen LogP contribution is -2.21. The third-order valence-corrected chi connectivity index (χ3v) is 3.47. The highest BCUT2D eigenvalue weighted by molar-refractivity contribution is 5.68. The van der Waals surface area contributed by atoms with Gasteiger partial charge in [-0.05, 0) is 25.5 Å². The number of rotatable bonds is 8. The largest absolute Gasteiger partial charge is 0.479 e. The summed E-state index contributed by atoms with van der Waals surface area (Å²) in [4.78, 5) is 21.7. The minimum atomic E-state index is -1.04. The van der Waals surface area contributed by atoms with Crippen molar-refractivity contribution in [1.82, 2.24) is 9.97 Å². The summed E-state index contributed by atoms with van der Waals surface area (Å²) in [6.45, 7) is 7.70. The number of para-hydroxylation sites is 1. The maximum Gasteiger partial charge on any atom is 0.341 e. The third-order valence-electron chi connectivity index (χ3n) is 3.47. The number of benzene rings is 1. The van der Waals surface area contributed by atoms with Crippen molar-refractivity contribution in [3.05, 3.63) is 54.2 Å². The minimum absolute atomic E-state index is 0.312. The van der Waals surface area contributed by atoms with Gasteiger partial charge in [-0.1, -0.05) is 31.2 Å². The molecule has 0 radical (unpaired) electrons. The molecule has 2 aromatic rings. The van der Waals surface area contributed by atoms with E-state index < -0.39 is 12.6 Å². The lowest BCUT2D eigenvalue weighted by Gasteiger charge is -2.23. The lowest BCUT2D eigenvalue weighted by atomic mass is 10.2. The summed E-state index contributed by atoms with van der Waals surface area (Å²) in [6, 6.07) is 9.70. The van der Waals surface area contributed by atoms with Crippen LogP contribution in [-0.4, -0.2) is 34.2 Å². The van der Waals surface area contributed by atoms with Gasteiger partial charge in [0, 0.05) is 23.5 Å². The second-order valence-electron chi connectivity index (χ2n) is 5.16. The van der Waals surface area contributed by atoms with Gasteiger partial charge in [-0.3, -0.25) is 0 Å². The molecule has 2 rings (SSSR count). The van der Waals surface area contributed by atoms with Crippen LogP contribution in [-0.2, 0) is 11.2 Å². The van der Waals surface area contributed by atoms with Crippen molar-refractivity contribution in [3.63, 3.8) is 0 Å². The number of aromatic nitrogens is 2. The van der Waals surface area contributed by atoms with Crippen LogP contribution in [0, 0.1) is 6.92 Å². The molecule has 0 amide bonds. The van der Waals surface area contributed by atoms with Crippen molar-refractivity contribution >= 4 is 17.6 Å². The van der Waals surface area contributed by atoms with E-state index in [2.05, 4.69) is 16.5 Å². The van der Waals surface area contributed by atoms with Crippen molar-refractivity contribution in [1.29, 1.82) is 0 Å². The van der Waals surface area contributed by atoms with Crippen LogP contribution in [0.1, 0.15) is 18.2 Å². The van der Waals surface area contributed by atoms with Crippen LogP contribution in [0.2, 0.25) is 0 Å². The Morgan fingerprint density at radius 1 is 1.33 bits per heavy atom. The number of ether oxygens (including phenoxy) is 1. The van der Waals surface area contributed by atoms with Crippen LogP contribution in [0.3, 0.4) is 0 Å². The maximum atomic E-state index is 10.8. The summed E-state index contributed by atoms with van der Waals surface area (Å²) in [7, 11) is 0. The van der Waals surface area contributed by atoms with Crippen molar-refractivity contribution in [3.8, 4) is 5.88 Å². The monoisotopic (exact) mass is 327 g/mol. The molecular weight excluding hydrogens is 306 g/mol. The molecule has 0 aliphatic carbocycles. The smallest absolute Gasteiger partial charge is 0.341 e. The van der Waals surface area contributed by atoms with E-state index in [9.17, 15) is 4.79 Å². The molecule has 126 valence electrons. The summed E-state index contributed by atoms with van der Waals surface area (Å²) in [5.41, 5.74) is 2.50. The molecule has 0 saturated carbocycles. The standard InChI is InChI=1S/C18H21N3O3/c1-4-11-21(14-9-7-6-8-10-14)18-19-13(3)15(5-2)17(20-18)24-12-16(22)23/h4,6-10H,1,5,11-12H2,2-3H3,(H,22,23). The number of anilines is 2. The predicted octanol–water partition coefficient (Wildman–Crippen LogP) is 3.13. The average Bonchev–Trinajstić information content (AvgIpc) is 2.58. The Bertz CT molecular complexity index is 717. The molecule has 6 nitrogen and oxygen atoms in total. The van der Waals surface area contributed by atoms with Crippen LogP contribution >= 0.6 is 0 Å². The first-order valence-electron chi connectivity index (χ1n) is 7.72. The first-order valence-corrected chi connectivity index (χ1v) is 7.72. The SMILES string of the molecule is C=CCN(c1ccccc1)c1nc(C)c(CC)c(OCC(=O)O)n1. The van der Waals surface area contributed by atoms with Gasteiger partial charge in [0.15, 0.2) is 6.61 Å². The van der Waals surface area contributed by atoms with Crippen molar-refractivity contribution < 1.29 is 14.6 Å². The Balaban J connectivity index is 2.47. The Kier molecular flexibility index (Phi) is 5.89. The highest BCUT2D eigenvalue weighted by atomic mass is 16.5. The number of aliphatic carboxylic acids is 1. The number of aryl methyl sites for hydroxylation is 1. The second kappa shape index (κ2) is 8.10. The molecule has 1 heterocycles. The summed E-state index contributed by atoms with van der Waals surface area (Å²) < 4.78 is 5.37. The number of hydrogen-bond acceptors (Lipinski definition) is 5. The molecule has 1 N–H and O–H groups in total. The fraction of sp³-hybridized carbons (Fsp3) is 0.278. The zero-order chi connectivity index (χ0) is 17.5. The zero-order valence-corrected chi connectivity index (χ0v) is 13.9. The fourth-order valence-corrected chi connectivity index (χ4v) is 2.37.